The second-order valence-electron chi connectivity index (χ2n) is 3.58. The molecule has 2 N–H and O–H groups in total. The monoisotopic (exact) mass is 231 g/mol. The van der Waals surface area contributed by atoms with Crippen LogP contribution in [0.5, 0.6) is 0 Å². The van der Waals surface area contributed by atoms with Gasteiger partial charge in [0.1, 0.15) is 0 Å². The normalized spacial score (nSPS) is 10.4. The average molecular weight is 231 g/mol. The van der Waals surface area contributed by atoms with E-state index in [-0.39, 0.29) is 6.54 Å². The molecule has 0 aliphatic carbocycles. The number of aliphatic carboxylic acids is 1. The van der Waals surface area contributed by atoms with Gasteiger partial charge in [-0.2, -0.15) is 5.10 Å². The summed E-state index contributed by atoms with van der Waals surface area (Å²) in [5.74, 6) is -0.868. The SMILES string of the molecule is O=C(O)CNCc1ccn(-c2ccccc2)n1. The minimum absolute atomic E-state index is 0.0573. The van der Waals surface area contributed by atoms with Gasteiger partial charge in [0.05, 0.1) is 17.9 Å². The molecular weight excluding hydrogens is 218 g/mol. The molecule has 0 saturated carbocycles. The minimum atomic E-state index is -0.868. The van der Waals surface area contributed by atoms with Crippen LogP contribution in [0.15, 0.2) is 42.6 Å². The Morgan fingerprint density at radius 1 is 1.29 bits per heavy atom. The van der Waals surface area contributed by atoms with E-state index in [0.29, 0.717) is 6.54 Å². The number of benzene rings is 1. The van der Waals surface area contributed by atoms with Crippen LogP contribution in [0.1, 0.15) is 5.69 Å². The number of carbonyl (C=O) groups is 1. The number of rotatable bonds is 5. The predicted molar refractivity (Wildman–Crippen MR) is 62.9 cm³/mol. The predicted octanol–water partition coefficient (Wildman–Crippen LogP) is 1.05. The van der Waals surface area contributed by atoms with Gasteiger partial charge >= 0.3 is 5.97 Å². The summed E-state index contributed by atoms with van der Waals surface area (Å²) >= 11 is 0. The first kappa shape index (κ1) is 11.3. The molecule has 0 bridgehead atoms. The van der Waals surface area contributed by atoms with E-state index in [4.69, 9.17) is 5.11 Å². The second-order valence-corrected chi connectivity index (χ2v) is 3.58. The molecule has 1 heterocycles. The summed E-state index contributed by atoms with van der Waals surface area (Å²) in [5.41, 5.74) is 1.80. The van der Waals surface area contributed by atoms with E-state index >= 15 is 0 Å². The zero-order chi connectivity index (χ0) is 12.1. The fourth-order valence-corrected chi connectivity index (χ4v) is 1.48. The summed E-state index contributed by atoms with van der Waals surface area (Å²) in [6.07, 6.45) is 1.85. The molecule has 0 unspecified atom stereocenters. The van der Waals surface area contributed by atoms with E-state index < -0.39 is 5.97 Å². The van der Waals surface area contributed by atoms with Crippen molar-refractivity contribution in [3.05, 3.63) is 48.3 Å². The van der Waals surface area contributed by atoms with Gasteiger partial charge in [0.25, 0.3) is 0 Å². The van der Waals surface area contributed by atoms with Gasteiger partial charge in [-0.15, -0.1) is 0 Å². The summed E-state index contributed by atoms with van der Waals surface area (Å²) in [5, 5.41) is 15.6. The number of para-hydroxylation sites is 1. The topological polar surface area (TPSA) is 67.2 Å². The van der Waals surface area contributed by atoms with Gasteiger partial charge < -0.3 is 10.4 Å². The molecule has 5 heteroatoms. The van der Waals surface area contributed by atoms with Crippen molar-refractivity contribution in [3.8, 4) is 5.69 Å². The maximum absolute atomic E-state index is 10.3. The van der Waals surface area contributed by atoms with Gasteiger partial charge in [-0.25, -0.2) is 4.68 Å². The second kappa shape index (κ2) is 5.27. The summed E-state index contributed by atoms with van der Waals surface area (Å²) in [6.45, 7) is 0.393. The third-order valence-electron chi connectivity index (χ3n) is 2.25. The van der Waals surface area contributed by atoms with E-state index in [9.17, 15) is 4.79 Å². The first-order valence-corrected chi connectivity index (χ1v) is 5.28. The van der Waals surface area contributed by atoms with Crippen LogP contribution < -0.4 is 5.32 Å². The largest absolute Gasteiger partial charge is 0.480 e. The number of nitrogens with one attached hydrogen (secondary N) is 1. The van der Waals surface area contributed by atoms with Crippen molar-refractivity contribution in [2.75, 3.05) is 6.54 Å². The van der Waals surface area contributed by atoms with E-state index in [0.717, 1.165) is 11.4 Å². The molecule has 1 aromatic heterocycles. The van der Waals surface area contributed by atoms with E-state index in [1.165, 1.54) is 0 Å². The third kappa shape index (κ3) is 3.15. The van der Waals surface area contributed by atoms with Gasteiger partial charge in [0.15, 0.2) is 0 Å². The van der Waals surface area contributed by atoms with Crippen LogP contribution >= 0.6 is 0 Å². The van der Waals surface area contributed by atoms with E-state index in [1.807, 2.05) is 42.6 Å². The van der Waals surface area contributed by atoms with Gasteiger partial charge in [-0.3, -0.25) is 4.79 Å². The number of hydrogen-bond acceptors (Lipinski definition) is 3. The van der Waals surface area contributed by atoms with Crippen molar-refractivity contribution < 1.29 is 9.90 Å². The van der Waals surface area contributed by atoms with Crippen molar-refractivity contribution in [2.24, 2.45) is 0 Å². The molecule has 0 radical (unpaired) electrons. The van der Waals surface area contributed by atoms with Crippen LogP contribution in [0.4, 0.5) is 0 Å². The molecule has 0 aliphatic heterocycles. The fourth-order valence-electron chi connectivity index (χ4n) is 1.48. The Morgan fingerprint density at radius 3 is 2.76 bits per heavy atom. The lowest BCUT2D eigenvalue weighted by Crippen LogP contribution is -2.22. The molecule has 0 amide bonds. The number of aromatic nitrogens is 2. The zero-order valence-electron chi connectivity index (χ0n) is 9.21. The highest BCUT2D eigenvalue weighted by Gasteiger charge is 2.01. The Morgan fingerprint density at radius 2 is 2.06 bits per heavy atom. The molecule has 17 heavy (non-hydrogen) atoms. The van der Waals surface area contributed by atoms with Crippen LogP contribution in [0.3, 0.4) is 0 Å². The van der Waals surface area contributed by atoms with Crippen LogP contribution in [0.2, 0.25) is 0 Å². The standard InChI is InChI=1S/C12H13N3O2/c16-12(17)9-13-8-10-6-7-15(14-10)11-4-2-1-3-5-11/h1-7,13H,8-9H2,(H,16,17). The molecule has 0 saturated heterocycles. The lowest BCUT2D eigenvalue weighted by Gasteiger charge is -2.00. The number of carboxylic acid groups (broad SMARTS) is 1. The first-order chi connectivity index (χ1) is 8.25. The van der Waals surface area contributed by atoms with Crippen LogP contribution in [0.25, 0.3) is 5.69 Å². The van der Waals surface area contributed by atoms with Crippen molar-refractivity contribution in [2.45, 2.75) is 6.54 Å². The maximum Gasteiger partial charge on any atom is 0.317 e. The molecule has 88 valence electrons. The molecule has 2 aromatic rings. The average Bonchev–Trinajstić information content (AvgIpc) is 2.78. The first-order valence-electron chi connectivity index (χ1n) is 5.28. The summed E-state index contributed by atoms with van der Waals surface area (Å²) in [7, 11) is 0. The van der Waals surface area contributed by atoms with Crippen molar-refractivity contribution in [1.29, 1.82) is 0 Å². The summed E-state index contributed by atoms with van der Waals surface area (Å²) in [4.78, 5) is 10.3. The Labute approximate surface area is 98.7 Å². The molecule has 0 spiro atoms. The minimum Gasteiger partial charge on any atom is -0.480 e. The number of carboxylic acids is 1. The third-order valence-corrected chi connectivity index (χ3v) is 2.25. The van der Waals surface area contributed by atoms with Gasteiger partial charge in [0, 0.05) is 12.7 Å². The highest BCUT2D eigenvalue weighted by atomic mass is 16.4. The molecular formula is C12H13N3O2. The number of nitrogens with zero attached hydrogens (tertiary/aromatic N) is 2. The smallest absolute Gasteiger partial charge is 0.317 e. The molecule has 0 atom stereocenters. The Hall–Kier alpha value is -2.14. The molecule has 0 aliphatic rings. The lowest BCUT2D eigenvalue weighted by molar-refractivity contribution is -0.135. The lowest BCUT2D eigenvalue weighted by atomic mass is 10.3. The van der Waals surface area contributed by atoms with Gasteiger partial charge in [0.2, 0.25) is 0 Å². The zero-order valence-corrected chi connectivity index (χ0v) is 9.21. The molecule has 2 rings (SSSR count). The Kier molecular flexibility index (Phi) is 3.52. The van der Waals surface area contributed by atoms with Crippen LogP contribution in [0, 0.1) is 0 Å². The highest BCUT2D eigenvalue weighted by Crippen LogP contribution is 2.06. The van der Waals surface area contributed by atoms with Crippen LogP contribution in [-0.4, -0.2) is 27.4 Å². The van der Waals surface area contributed by atoms with Crippen LogP contribution in [-0.2, 0) is 11.3 Å². The van der Waals surface area contributed by atoms with Gasteiger partial charge in [-0.05, 0) is 18.2 Å². The van der Waals surface area contributed by atoms with E-state index in [2.05, 4.69) is 10.4 Å². The quantitative estimate of drug-likeness (QED) is 0.807. The molecule has 1 aromatic carbocycles. The van der Waals surface area contributed by atoms with Gasteiger partial charge in [-0.1, -0.05) is 18.2 Å². The number of hydrogen-bond donors (Lipinski definition) is 2. The maximum atomic E-state index is 10.3. The highest BCUT2D eigenvalue weighted by molar-refractivity contribution is 5.68. The Bertz CT molecular complexity index is 493. The molecule has 5 nitrogen and oxygen atoms in total. The van der Waals surface area contributed by atoms with Crippen molar-refractivity contribution in [3.63, 3.8) is 0 Å². The molecule has 0 fully saturated rings. The van der Waals surface area contributed by atoms with E-state index in [1.54, 1.807) is 4.68 Å². The van der Waals surface area contributed by atoms with Crippen molar-refractivity contribution in [1.82, 2.24) is 15.1 Å². The summed E-state index contributed by atoms with van der Waals surface area (Å²) < 4.78 is 1.76. The Balaban J connectivity index is 1.99. The summed E-state index contributed by atoms with van der Waals surface area (Å²) in [6, 6.07) is 11.6. The fraction of sp³-hybridized carbons (Fsp3) is 0.167. The van der Waals surface area contributed by atoms with Crippen molar-refractivity contribution >= 4 is 5.97 Å².